The molecule has 6 heteroatoms. The normalized spacial score (nSPS) is 11.2. The summed E-state index contributed by atoms with van der Waals surface area (Å²) >= 11 is 1.57. The number of aromatic nitrogens is 2. The van der Waals surface area contributed by atoms with E-state index in [-0.39, 0.29) is 0 Å². The summed E-state index contributed by atoms with van der Waals surface area (Å²) in [6.45, 7) is 8.38. The summed E-state index contributed by atoms with van der Waals surface area (Å²) in [5.41, 5.74) is 3.31. The van der Waals surface area contributed by atoms with E-state index >= 15 is 0 Å². The van der Waals surface area contributed by atoms with Crippen LogP contribution in [0.3, 0.4) is 0 Å². The number of rotatable bonds is 8. The first-order valence-corrected chi connectivity index (χ1v) is 8.54. The molecule has 1 aromatic heterocycles. The van der Waals surface area contributed by atoms with Gasteiger partial charge in [-0.25, -0.2) is 4.98 Å². The van der Waals surface area contributed by atoms with Gasteiger partial charge in [0.25, 0.3) is 0 Å². The number of hydrogen-bond acceptors (Lipinski definition) is 5. The Balaban J connectivity index is 2.47. The SMILES string of the molecule is C=C/C(=N\OC)c1nc(SC)n(Cc2ccc(OC)cc2)c1C=C. The van der Waals surface area contributed by atoms with Crippen molar-refractivity contribution in [3.8, 4) is 5.75 Å². The minimum Gasteiger partial charge on any atom is -0.497 e. The highest BCUT2D eigenvalue weighted by atomic mass is 32.2. The van der Waals surface area contributed by atoms with E-state index in [4.69, 9.17) is 9.57 Å². The van der Waals surface area contributed by atoms with Gasteiger partial charge in [-0.15, -0.1) is 0 Å². The van der Waals surface area contributed by atoms with Gasteiger partial charge in [0, 0.05) is 0 Å². The molecule has 1 heterocycles. The number of oxime groups is 1. The quantitative estimate of drug-likeness (QED) is 0.415. The molecule has 0 saturated carbocycles. The highest BCUT2D eigenvalue weighted by Crippen LogP contribution is 2.24. The molecule has 0 bridgehead atoms. The Hall–Kier alpha value is -2.47. The third-order valence-corrected chi connectivity index (χ3v) is 4.15. The Kier molecular flexibility index (Phi) is 6.26. The molecule has 0 fully saturated rings. The minimum absolute atomic E-state index is 0.580. The van der Waals surface area contributed by atoms with Gasteiger partial charge in [0.05, 0.1) is 19.3 Å². The molecule has 24 heavy (non-hydrogen) atoms. The van der Waals surface area contributed by atoms with Crippen molar-refractivity contribution in [1.29, 1.82) is 0 Å². The van der Waals surface area contributed by atoms with Gasteiger partial charge in [-0.3, -0.25) is 0 Å². The molecular weight excluding hydrogens is 322 g/mol. The van der Waals surface area contributed by atoms with Gasteiger partial charge in [0.1, 0.15) is 24.3 Å². The van der Waals surface area contributed by atoms with E-state index in [2.05, 4.69) is 27.9 Å². The van der Waals surface area contributed by atoms with Crippen LogP contribution in [-0.4, -0.2) is 35.7 Å². The highest BCUT2D eigenvalue weighted by Gasteiger charge is 2.18. The maximum atomic E-state index is 5.21. The van der Waals surface area contributed by atoms with Gasteiger partial charge >= 0.3 is 0 Å². The Bertz CT molecular complexity index is 748. The molecule has 0 saturated heterocycles. The largest absolute Gasteiger partial charge is 0.497 e. The Morgan fingerprint density at radius 2 is 2.00 bits per heavy atom. The molecule has 2 rings (SSSR count). The number of imidazole rings is 1. The lowest BCUT2D eigenvalue weighted by atomic mass is 10.2. The summed E-state index contributed by atoms with van der Waals surface area (Å²) < 4.78 is 7.31. The smallest absolute Gasteiger partial charge is 0.169 e. The second-order valence-electron chi connectivity index (χ2n) is 4.83. The second-order valence-corrected chi connectivity index (χ2v) is 5.61. The number of thioether (sulfide) groups is 1. The van der Waals surface area contributed by atoms with Crippen LogP contribution in [0.4, 0.5) is 0 Å². The average Bonchev–Trinajstić information content (AvgIpc) is 2.97. The van der Waals surface area contributed by atoms with Crippen molar-refractivity contribution in [3.63, 3.8) is 0 Å². The van der Waals surface area contributed by atoms with Crippen molar-refractivity contribution < 1.29 is 9.57 Å². The molecule has 126 valence electrons. The number of allylic oxidation sites excluding steroid dienone is 1. The number of ether oxygens (including phenoxy) is 1. The zero-order valence-corrected chi connectivity index (χ0v) is 15.0. The molecule has 0 spiro atoms. The lowest BCUT2D eigenvalue weighted by Crippen LogP contribution is -2.06. The van der Waals surface area contributed by atoms with Crippen molar-refractivity contribution in [1.82, 2.24) is 9.55 Å². The van der Waals surface area contributed by atoms with Crippen LogP contribution in [0.5, 0.6) is 5.75 Å². The van der Waals surface area contributed by atoms with Gasteiger partial charge in [-0.1, -0.05) is 42.2 Å². The van der Waals surface area contributed by atoms with Gasteiger partial charge in [0.2, 0.25) is 0 Å². The minimum atomic E-state index is 0.580. The fraction of sp³-hybridized carbons (Fsp3) is 0.222. The highest BCUT2D eigenvalue weighted by molar-refractivity contribution is 7.98. The van der Waals surface area contributed by atoms with E-state index in [1.165, 1.54) is 7.11 Å². The third-order valence-electron chi connectivity index (χ3n) is 3.47. The Morgan fingerprint density at radius 1 is 1.29 bits per heavy atom. The first kappa shape index (κ1) is 17.9. The van der Waals surface area contributed by atoms with E-state index in [1.807, 2.05) is 30.5 Å². The van der Waals surface area contributed by atoms with Crippen molar-refractivity contribution >= 4 is 23.5 Å². The molecule has 0 aliphatic heterocycles. The molecule has 5 nitrogen and oxygen atoms in total. The molecule has 2 aromatic rings. The molecule has 1 aromatic carbocycles. The van der Waals surface area contributed by atoms with Crippen LogP contribution in [0.15, 0.2) is 53.8 Å². The van der Waals surface area contributed by atoms with Gasteiger partial charge in [-0.2, -0.15) is 0 Å². The molecule has 0 atom stereocenters. The van der Waals surface area contributed by atoms with Crippen molar-refractivity contribution in [2.75, 3.05) is 20.5 Å². The van der Waals surface area contributed by atoms with Gasteiger partial charge in [-0.05, 0) is 36.1 Å². The molecular formula is C18H21N3O2S. The van der Waals surface area contributed by atoms with Crippen LogP contribution in [0, 0.1) is 0 Å². The van der Waals surface area contributed by atoms with Gasteiger partial charge in [0.15, 0.2) is 5.16 Å². The lowest BCUT2D eigenvalue weighted by molar-refractivity contribution is 0.214. The standard InChI is InChI=1S/C18H21N3O2S/c1-6-15(20-23-4)17-16(7-2)21(18(19-17)24-5)12-13-8-10-14(22-3)11-9-13/h6-11H,1-2,12H2,3-5H3/b20-15+. The van der Waals surface area contributed by atoms with Crippen molar-refractivity contribution in [3.05, 3.63) is 60.5 Å². The number of methoxy groups -OCH3 is 1. The predicted octanol–water partition coefficient (Wildman–Crippen LogP) is 3.84. The number of hydrogen-bond donors (Lipinski definition) is 0. The first-order chi connectivity index (χ1) is 11.7. The summed E-state index contributed by atoms with van der Waals surface area (Å²) in [5.74, 6) is 0.834. The number of benzene rings is 1. The zero-order valence-electron chi connectivity index (χ0n) is 14.2. The van der Waals surface area contributed by atoms with E-state index < -0.39 is 0 Å². The topological polar surface area (TPSA) is 48.6 Å². The van der Waals surface area contributed by atoms with Crippen LogP contribution >= 0.6 is 11.8 Å². The fourth-order valence-corrected chi connectivity index (χ4v) is 2.90. The fourth-order valence-electron chi connectivity index (χ4n) is 2.34. The van der Waals surface area contributed by atoms with Crippen LogP contribution < -0.4 is 4.74 Å². The molecule has 0 unspecified atom stereocenters. The van der Waals surface area contributed by atoms with Crippen molar-refractivity contribution in [2.24, 2.45) is 5.16 Å². The van der Waals surface area contributed by atoms with E-state index in [9.17, 15) is 0 Å². The Labute approximate surface area is 146 Å². The Morgan fingerprint density at radius 3 is 2.50 bits per heavy atom. The van der Waals surface area contributed by atoms with Crippen LogP contribution in [-0.2, 0) is 11.4 Å². The van der Waals surface area contributed by atoms with E-state index in [0.29, 0.717) is 18.0 Å². The first-order valence-electron chi connectivity index (χ1n) is 7.32. The van der Waals surface area contributed by atoms with Crippen LogP contribution in [0.2, 0.25) is 0 Å². The van der Waals surface area contributed by atoms with E-state index in [1.54, 1.807) is 31.0 Å². The summed E-state index contributed by atoms with van der Waals surface area (Å²) in [7, 11) is 3.16. The monoisotopic (exact) mass is 343 g/mol. The molecule has 0 amide bonds. The predicted molar refractivity (Wildman–Crippen MR) is 99.9 cm³/mol. The summed E-state index contributed by atoms with van der Waals surface area (Å²) in [6, 6.07) is 7.96. The van der Waals surface area contributed by atoms with Gasteiger partial charge < -0.3 is 14.1 Å². The lowest BCUT2D eigenvalue weighted by Gasteiger charge is -2.10. The molecule has 0 N–H and O–H groups in total. The van der Waals surface area contributed by atoms with E-state index in [0.717, 1.165) is 22.2 Å². The average molecular weight is 343 g/mol. The summed E-state index contributed by atoms with van der Waals surface area (Å²) in [6.07, 6.45) is 5.39. The molecule has 0 radical (unpaired) electrons. The number of nitrogens with zero attached hydrogens (tertiary/aromatic N) is 3. The molecule has 0 aliphatic carbocycles. The van der Waals surface area contributed by atoms with Crippen LogP contribution in [0.1, 0.15) is 17.0 Å². The van der Waals surface area contributed by atoms with Crippen molar-refractivity contribution in [2.45, 2.75) is 11.7 Å². The third kappa shape index (κ3) is 3.71. The second kappa shape index (κ2) is 8.40. The van der Waals surface area contributed by atoms with Crippen LogP contribution in [0.25, 0.3) is 6.08 Å². The summed E-state index contributed by atoms with van der Waals surface area (Å²) in [5, 5.41) is 4.87. The zero-order chi connectivity index (χ0) is 17.5. The summed E-state index contributed by atoms with van der Waals surface area (Å²) in [4.78, 5) is 9.55. The maximum Gasteiger partial charge on any atom is 0.169 e. The molecule has 0 aliphatic rings. The maximum absolute atomic E-state index is 5.21.